The minimum absolute atomic E-state index is 1.90. The molecule has 44 valence electrons. The van der Waals surface area contributed by atoms with E-state index in [1.807, 2.05) is 26.2 Å². The van der Waals surface area contributed by atoms with Crippen LogP contribution < -0.4 is 4.65 Å². The van der Waals surface area contributed by atoms with Gasteiger partial charge in [0.05, 0.1) is 17.8 Å². The standard InChI is InChI=1S/C4H15NSi2/c1-6(2)5-7(3)4/h5-7H,1-4H3/i6D,7D. The van der Waals surface area contributed by atoms with E-state index >= 15 is 0 Å². The van der Waals surface area contributed by atoms with E-state index in [0.717, 1.165) is 0 Å². The largest absolute Gasteiger partial charge is 0.365 e. The highest BCUT2D eigenvalue weighted by atomic mass is 28.3. The van der Waals surface area contributed by atoms with Crippen LogP contribution in [0, 0.1) is 0 Å². The molecule has 0 fully saturated rings. The molecule has 0 rings (SSSR count). The molecule has 1 nitrogen and oxygen atoms in total. The van der Waals surface area contributed by atoms with Crippen molar-refractivity contribution >= 4 is 17.8 Å². The van der Waals surface area contributed by atoms with Crippen molar-refractivity contribution in [3.63, 3.8) is 0 Å². The summed E-state index contributed by atoms with van der Waals surface area (Å²) in [5.74, 6) is 0. The first-order chi connectivity index (χ1) is 3.71. The molecule has 0 saturated carbocycles. The van der Waals surface area contributed by atoms with E-state index in [4.69, 9.17) is 2.47 Å². The molecule has 0 aromatic rings. The normalized spacial score (nSPS) is 18.3. The van der Waals surface area contributed by atoms with Crippen molar-refractivity contribution in [1.82, 2.24) is 4.65 Å². The Hall–Kier alpha value is 0.394. The van der Waals surface area contributed by atoms with Gasteiger partial charge < -0.3 is 4.65 Å². The monoisotopic (exact) mass is 135 g/mol. The summed E-state index contributed by atoms with van der Waals surface area (Å²) in [4.78, 5) is 0. The van der Waals surface area contributed by atoms with E-state index in [0.29, 0.717) is 0 Å². The Balaban J connectivity index is 3.75. The molecule has 0 radical (unpaired) electrons. The van der Waals surface area contributed by atoms with Crippen LogP contribution in [0.5, 0.6) is 0 Å². The molecule has 7 heavy (non-hydrogen) atoms. The van der Waals surface area contributed by atoms with Gasteiger partial charge >= 0.3 is 0 Å². The van der Waals surface area contributed by atoms with Gasteiger partial charge in [0, 0.05) is 2.47 Å². The van der Waals surface area contributed by atoms with Crippen molar-refractivity contribution in [2.45, 2.75) is 26.2 Å². The Morgan fingerprint density at radius 1 is 1.14 bits per heavy atom. The summed E-state index contributed by atoms with van der Waals surface area (Å²) < 4.78 is 18.1. The second-order valence-electron chi connectivity index (χ2n) is 2.12. The molecule has 0 heterocycles. The van der Waals surface area contributed by atoms with Gasteiger partial charge in [0.25, 0.3) is 0 Å². The van der Waals surface area contributed by atoms with Crippen molar-refractivity contribution < 1.29 is 0 Å². The first-order valence-electron chi connectivity index (χ1n) is 3.50. The molecule has 0 aliphatic rings. The summed E-state index contributed by atoms with van der Waals surface area (Å²) in [6.07, 6.45) is 0. The Labute approximate surface area is 52.0 Å². The molecule has 0 atom stereocenters. The lowest BCUT2D eigenvalue weighted by molar-refractivity contribution is 1.44. The van der Waals surface area contributed by atoms with Crippen molar-refractivity contribution in [3.8, 4) is 0 Å². The van der Waals surface area contributed by atoms with Gasteiger partial charge in [-0.25, -0.2) is 0 Å². The highest BCUT2D eigenvalue weighted by Gasteiger charge is 1.96. The maximum atomic E-state index is 7.53. The smallest absolute Gasteiger partial charge is 0.0953 e. The summed E-state index contributed by atoms with van der Waals surface area (Å²) in [5, 5.41) is 0. The van der Waals surface area contributed by atoms with E-state index in [-0.39, 0.29) is 0 Å². The zero-order valence-electron chi connectivity index (χ0n) is 7.50. The zero-order chi connectivity index (χ0) is 7.71. The summed E-state index contributed by atoms with van der Waals surface area (Å²) in [5.41, 5.74) is 0. The minimum atomic E-state index is -1.92. The lowest BCUT2D eigenvalue weighted by Crippen LogP contribution is -2.36. The average molecular weight is 135 g/mol. The Kier molecular flexibility index (Phi) is 2.09. The number of nitrogens with one attached hydrogen (secondary N) is 1. The van der Waals surface area contributed by atoms with Gasteiger partial charge in [-0.05, 0) is 0 Å². The third kappa shape index (κ3) is 6.39. The van der Waals surface area contributed by atoms with E-state index < -0.39 is 17.8 Å². The van der Waals surface area contributed by atoms with Gasteiger partial charge in [0.15, 0.2) is 0 Å². The molecule has 0 amide bonds. The molecule has 0 aliphatic carbocycles. The first kappa shape index (κ1) is 4.29. The topological polar surface area (TPSA) is 12.0 Å². The third-order valence-corrected chi connectivity index (χ3v) is 4.50. The van der Waals surface area contributed by atoms with Crippen molar-refractivity contribution in [2.75, 3.05) is 0 Å². The van der Waals surface area contributed by atoms with Gasteiger partial charge in [0.2, 0.25) is 0 Å². The Bertz CT molecular complexity index is 81.7. The van der Waals surface area contributed by atoms with E-state index in [9.17, 15) is 0 Å². The summed E-state index contributed by atoms with van der Waals surface area (Å²) in [6, 6.07) is 0. The van der Waals surface area contributed by atoms with Gasteiger partial charge in [-0.3, -0.25) is 0 Å². The number of rotatable bonds is 2. The van der Waals surface area contributed by atoms with Crippen LogP contribution >= 0.6 is 0 Å². The lowest BCUT2D eigenvalue weighted by atomic mass is 11.9. The van der Waals surface area contributed by atoms with E-state index in [1.165, 1.54) is 0 Å². The molecular weight excluding hydrogens is 118 g/mol. The number of hydrogen-bond acceptors (Lipinski definition) is 1. The fraction of sp³-hybridized carbons (Fsp3) is 1.00. The molecular formula is C4H15NSi2. The second-order valence-corrected chi connectivity index (χ2v) is 7.12. The van der Waals surface area contributed by atoms with E-state index in [1.54, 1.807) is 0 Å². The van der Waals surface area contributed by atoms with Crippen molar-refractivity contribution in [3.05, 3.63) is 0 Å². The molecule has 0 aromatic heterocycles. The maximum absolute atomic E-state index is 7.53. The second kappa shape index (κ2) is 3.40. The molecule has 3 heteroatoms. The Morgan fingerprint density at radius 2 is 1.43 bits per heavy atom. The Morgan fingerprint density at radius 3 is 1.43 bits per heavy atom. The molecule has 1 N–H and O–H groups in total. The van der Waals surface area contributed by atoms with Gasteiger partial charge in [-0.15, -0.1) is 0 Å². The van der Waals surface area contributed by atoms with Crippen LogP contribution in [-0.4, -0.2) is 20.3 Å². The predicted molar refractivity (Wildman–Crippen MR) is 40.9 cm³/mol. The van der Waals surface area contributed by atoms with Crippen molar-refractivity contribution in [1.29, 1.82) is 2.47 Å². The molecule has 0 aliphatic heterocycles. The molecule has 0 saturated heterocycles. The SMILES string of the molecule is [2H][Si](C)(C)N[Si]([2H])(C)C. The van der Waals surface area contributed by atoms with Crippen LogP contribution in [0.2, 0.25) is 26.2 Å². The van der Waals surface area contributed by atoms with Crippen LogP contribution in [0.25, 0.3) is 0 Å². The van der Waals surface area contributed by atoms with E-state index in [2.05, 4.69) is 4.65 Å². The van der Waals surface area contributed by atoms with Gasteiger partial charge in [0.1, 0.15) is 0 Å². The molecule has 0 unspecified atom stereocenters. The van der Waals surface area contributed by atoms with Crippen molar-refractivity contribution in [2.24, 2.45) is 0 Å². The van der Waals surface area contributed by atoms with Gasteiger partial charge in [-0.1, -0.05) is 26.2 Å². The van der Waals surface area contributed by atoms with Crippen LogP contribution in [0.3, 0.4) is 0 Å². The van der Waals surface area contributed by atoms with Crippen LogP contribution in [0.15, 0.2) is 0 Å². The highest BCUT2D eigenvalue weighted by molar-refractivity contribution is 6.70. The van der Waals surface area contributed by atoms with Gasteiger partial charge in [-0.2, -0.15) is 0 Å². The quantitative estimate of drug-likeness (QED) is 0.545. The predicted octanol–water partition coefficient (Wildman–Crippen LogP) is 0.543. The number of hydrogen-bond donors (Lipinski definition) is 1. The fourth-order valence-corrected chi connectivity index (χ4v) is 4.50. The summed E-state index contributed by atoms with van der Waals surface area (Å²) >= 11 is 0. The maximum Gasteiger partial charge on any atom is 0.0953 e. The molecule has 0 bridgehead atoms. The molecule has 0 aromatic carbocycles. The fourth-order valence-electron chi connectivity index (χ4n) is 0.500. The minimum Gasteiger partial charge on any atom is -0.365 e. The van der Waals surface area contributed by atoms with Crippen LogP contribution in [0.1, 0.15) is 0 Å². The van der Waals surface area contributed by atoms with Crippen LogP contribution in [-0.2, 0) is 0 Å². The van der Waals surface area contributed by atoms with Crippen LogP contribution in [0.4, 0.5) is 0 Å². The zero-order valence-corrected chi connectivity index (χ0v) is 7.50. The first-order valence-corrected chi connectivity index (χ1v) is 7.50. The molecule has 0 spiro atoms. The summed E-state index contributed by atoms with van der Waals surface area (Å²) in [7, 11) is -3.84. The summed E-state index contributed by atoms with van der Waals surface area (Å²) in [6.45, 7) is 7.60. The lowest BCUT2D eigenvalue weighted by Gasteiger charge is -2.07. The average Bonchev–Trinajstić information content (AvgIpc) is 1.14. The third-order valence-electron chi connectivity index (χ3n) is 0.500. The highest BCUT2D eigenvalue weighted by Crippen LogP contribution is 1.75.